The molecule has 8 heteroatoms. The Balaban J connectivity index is 1.56. The lowest BCUT2D eigenvalue weighted by Gasteiger charge is -2.41. The summed E-state index contributed by atoms with van der Waals surface area (Å²) in [7, 11) is -3.96. The molecule has 0 saturated carbocycles. The molecule has 0 spiro atoms. The molecule has 1 saturated heterocycles. The number of nitrogens with zero attached hydrogens (tertiary/aromatic N) is 2. The van der Waals surface area contributed by atoms with Gasteiger partial charge in [0.05, 0.1) is 15.2 Å². The molecule has 1 aliphatic rings. The number of piperidine rings is 1. The second-order valence-electron chi connectivity index (χ2n) is 8.77. The van der Waals surface area contributed by atoms with Gasteiger partial charge >= 0.3 is 6.18 Å². The molecule has 0 bridgehead atoms. The maximum atomic E-state index is 13.4. The summed E-state index contributed by atoms with van der Waals surface area (Å²) in [6, 6.07) is 12.1. The van der Waals surface area contributed by atoms with Crippen LogP contribution in [0.5, 0.6) is 0 Å². The number of fused-ring (bicyclic) bond motifs is 1. The number of alkyl halides is 3. The lowest BCUT2D eigenvalue weighted by molar-refractivity contribution is -0.137. The quantitative estimate of drug-likeness (QED) is 0.497. The molecular weight excluding hydrogens is 437 g/mol. The number of anilines is 1. The van der Waals surface area contributed by atoms with Crippen molar-refractivity contribution in [3.05, 3.63) is 66.5 Å². The van der Waals surface area contributed by atoms with E-state index >= 15 is 0 Å². The minimum atomic E-state index is -4.59. The molecule has 1 fully saturated rings. The summed E-state index contributed by atoms with van der Waals surface area (Å²) in [5.74, 6) is -0.171. The van der Waals surface area contributed by atoms with Gasteiger partial charge in [-0.2, -0.15) is 13.2 Å². The molecule has 3 aromatic rings. The molecule has 2 heterocycles. The minimum Gasteiger partial charge on any atom is -0.371 e. The predicted octanol–water partition coefficient (Wildman–Crippen LogP) is 5.72. The van der Waals surface area contributed by atoms with Gasteiger partial charge in [0.15, 0.2) is 9.84 Å². The van der Waals surface area contributed by atoms with E-state index in [1.165, 1.54) is 6.07 Å². The molecular formula is C24H25F3N2O2S. The highest BCUT2D eigenvalue weighted by Crippen LogP contribution is 2.40. The first-order chi connectivity index (χ1) is 15.0. The molecule has 0 aliphatic carbocycles. The number of rotatable bonds is 4. The lowest BCUT2D eigenvalue weighted by Crippen LogP contribution is -2.46. The Labute approximate surface area is 186 Å². The first-order valence-electron chi connectivity index (χ1n) is 10.5. The van der Waals surface area contributed by atoms with Crippen LogP contribution in [0.1, 0.15) is 32.3 Å². The Morgan fingerprint density at radius 1 is 1.00 bits per heavy atom. The average molecular weight is 463 g/mol. The highest BCUT2D eigenvalue weighted by atomic mass is 32.2. The minimum absolute atomic E-state index is 0.171. The summed E-state index contributed by atoms with van der Waals surface area (Å²) in [6.45, 7) is 4.61. The third-order valence-corrected chi connectivity index (χ3v) is 9.23. The Hall–Kier alpha value is -2.61. The van der Waals surface area contributed by atoms with Gasteiger partial charge in [0.1, 0.15) is 0 Å². The Morgan fingerprint density at radius 3 is 2.38 bits per heavy atom. The van der Waals surface area contributed by atoms with Crippen LogP contribution in [0.4, 0.5) is 18.9 Å². The molecule has 32 heavy (non-hydrogen) atoms. The van der Waals surface area contributed by atoms with Gasteiger partial charge in [-0.15, -0.1) is 0 Å². The number of benzene rings is 2. The molecule has 0 radical (unpaired) electrons. The fourth-order valence-electron chi connectivity index (χ4n) is 4.56. The average Bonchev–Trinajstić information content (AvgIpc) is 2.78. The van der Waals surface area contributed by atoms with Gasteiger partial charge < -0.3 is 4.90 Å². The van der Waals surface area contributed by atoms with Crippen molar-refractivity contribution < 1.29 is 21.6 Å². The molecule has 4 nitrogen and oxygen atoms in total. The van der Waals surface area contributed by atoms with Crippen LogP contribution < -0.4 is 4.90 Å². The third-order valence-electron chi connectivity index (χ3n) is 6.64. The van der Waals surface area contributed by atoms with Gasteiger partial charge in [0.2, 0.25) is 0 Å². The van der Waals surface area contributed by atoms with E-state index in [1.54, 1.807) is 20.0 Å². The van der Waals surface area contributed by atoms with Crippen LogP contribution in [0.2, 0.25) is 0 Å². The van der Waals surface area contributed by atoms with E-state index in [2.05, 4.69) is 9.88 Å². The lowest BCUT2D eigenvalue weighted by atomic mass is 9.85. The molecule has 0 atom stereocenters. The van der Waals surface area contributed by atoms with Crippen LogP contribution in [0.15, 0.2) is 65.8 Å². The molecule has 1 aliphatic heterocycles. The fourth-order valence-corrected chi connectivity index (χ4v) is 6.38. The Morgan fingerprint density at radius 2 is 1.69 bits per heavy atom. The number of hydrogen-bond donors (Lipinski definition) is 0. The van der Waals surface area contributed by atoms with E-state index in [4.69, 9.17) is 0 Å². The maximum Gasteiger partial charge on any atom is 0.416 e. The van der Waals surface area contributed by atoms with E-state index in [-0.39, 0.29) is 10.8 Å². The molecule has 1 aromatic heterocycles. The molecule has 0 amide bonds. The van der Waals surface area contributed by atoms with Crippen LogP contribution in [-0.4, -0.2) is 31.2 Å². The first kappa shape index (κ1) is 22.6. The van der Waals surface area contributed by atoms with E-state index < -0.39 is 26.3 Å². The van der Waals surface area contributed by atoms with Crippen LogP contribution >= 0.6 is 0 Å². The van der Waals surface area contributed by atoms with E-state index in [9.17, 15) is 21.6 Å². The summed E-state index contributed by atoms with van der Waals surface area (Å²) in [4.78, 5) is 6.13. The van der Waals surface area contributed by atoms with Crippen LogP contribution in [-0.2, 0) is 16.0 Å². The second kappa shape index (κ2) is 8.06. The second-order valence-corrected chi connectivity index (χ2v) is 11.3. The SMILES string of the molecule is CC(C)(C1CCN(c2cccc3cnccc23)CC1)S(=O)(=O)c1cccc(C(F)(F)F)c1. The van der Waals surface area contributed by atoms with Crippen molar-refractivity contribution in [2.75, 3.05) is 18.0 Å². The van der Waals surface area contributed by atoms with Crippen LogP contribution in [0.3, 0.4) is 0 Å². The van der Waals surface area contributed by atoms with E-state index in [1.807, 2.05) is 30.5 Å². The number of halogens is 3. The third kappa shape index (κ3) is 3.96. The molecule has 0 unspecified atom stereocenters. The van der Waals surface area contributed by atoms with Crippen molar-refractivity contribution in [1.82, 2.24) is 4.98 Å². The smallest absolute Gasteiger partial charge is 0.371 e. The van der Waals surface area contributed by atoms with Gasteiger partial charge in [0, 0.05) is 41.9 Å². The van der Waals surface area contributed by atoms with Gasteiger partial charge in [-0.25, -0.2) is 8.42 Å². The van der Waals surface area contributed by atoms with Crippen molar-refractivity contribution in [3.8, 4) is 0 Å². The van der Waals surface area contributed by atoms with E-state index in [0.717, 1.165) is 34.7 Å². The molecule has 0 N–H and O–H groups in total. The number of aromatic nitrogens is 1. The largest absolute Gasteiger partial charge is 0.416 e. The van der Waals surface area contributed by atoms with Crippen molar-refractivity contribution >= 4 is 26.3 Å². The number of sulfone groups is 1. The summed E-state index contributed by atoms with van der Waals surface area (Å²) < 4.78 is 64.9. The van der Waals surface area contributed by atoms with Gasteiger partial charge in [-0.3, -0.25) is 4.98 Å². The van der Waals surface area contributed by atoms with Crippen LogP contribution in [0.25, 0.3) is 10.8 Å². The van der Waals surface area contributed by atoms with Crippen molar-refractivity contribution in [1.29, 1.82) is 0 Å². The molecule has 2 aromatic carbocycles. The first-order valence-corrected chi connectivity index (χ1v) is 12.0. The van der Waals surface area contributed by atoms with Gasteiger partial charge in [-0.05, 0) is 62.9 Å². The summed E-state index contributed by atoms with van der Waals surface area (Å²) in [6.07, 6.45) is 0.244. The summed E-state index contributed by atoms with van der Waals surface area (Å²) in [5, 5.41) is 2.14. The van der Waals surface area contributed by atoms with Crippen molar-refractivity contribution in [2.45, 2.75) is 42.5 Å². The van der Waals surface area contributed by atoms with Gasteiger partial charge in [0.25, 0.3) is 0 Å². The normalized spacial score (nSPS) is 16.5. The standard InChI is InChI=1S/C24H25F3N2O2S/c1-23(2,32(30,31)20-7-4-6-19(15-20)24(25,26)27)18-10-13-29(14-11-18)22-8-3-5-17-16-28-12-9-21(17)22/h3-9,12,15-16,18H,10-11,13-14H2,1-2H3. The number of pyridine rings is 1. The zero-order valence-electron chi connectivity index (χ0n) is 17.9. The van der Waals surface area contributed by atoms with Crippen molar-refractivity contribution in [2.24, 2.45) is 5.92 Å². The van der Waals surface area contributed by atoms with E-state index in [0.29, 0.717) is 25.9 Å². The summed E-state index contributed by atoms with van der Waals surface area (Å²) >= 11 is 0. The Kier molecular flexibility index (Phi) is 5.69. The summed E-state index contributed by atoms with van der Waals surface area (Å²) in [5.41, 5.74) is 0.136. The highest BCUT2D eigenvalue weighted by molar-refractivity contribution is 7.92. The topological polar surface area (TPSA) is 50.3 Å². The maximum absolute atomic E-state index is 13.4. The monoisotopic (exact) mass is 462 g/mol. The zero-order valence-corrected chi connectivity index (χ0v) is 18.7. The number of hydrogen-bond acceptors (Lipinski definition) is 4. The zero-order chi connectivity index (χ0) is 23.1. The highest BCUT2D eigenvalue weighted by Gasteiger charge is 2.44. The van der Waals surface area contributed by atoms with Crippen LogP contribution in [0, 0.1) is 5.92 Å². The van der Waals surface area contributed by atoms with Gasteiger partial charge in [-0.1, -0.05) is 18.2 Å². The molecule has 170 valence electrons. The molecule has 4 rings (SSSR count). The van der Waals surface area contributed by atoms with Crippen molar-refractivity contribution in [3.63, 3.8) is 0 Å². The fraction of sp³-hybridized carbons (Fsp3) is 0.375. The Bertz CT molecular complexity index is 1230. The predicted molar refractivity (Wildman–Crippen MR) is 119 cm³/mol.